The van der Waals surface area contributed by atoms with Crippen LogP contribution in [0.2, 0.25) is 25.2 Å². The van der Waals surface area contributed by atoms with E-state index in [4.69, 9.17) is 57.5 Å². The van der Waals surface area contributed by atoms with Crippen molar-refractivity contribution in [1.29, 1.82) is 0 Å². The molecule has 286 valence electrons. The second-order valence-electron chi connectivity index (χ2n) is 12.6. The van der Waals surface area contributed by atoms with E-state index in [1.165, 1.54) is 0 Å². The molecule has 0 N–H and O–H groups in total. The van der Waals surface area contributed by atoms with Crippen molar-refractivity contribution in [3.05, 3.63) is 72.9 Å². The second kappa shape index (κ2) is 19.9. The fraction of sp³-hybridized carbons (Fsp3) is 0.576. The molecule has 0 radical (unpaired) electrons. The molecular weight excluding hydrogens is 745 g/mol. The first-order valence-electron chi connectivity index (χ1n) is 17.3. The molecular formula is C33H56O13Si5. The highest BCUT2D eigenvalue weighted by Crippen LogP contribution is 2.31. The van der Waals surface area contributed by atoms with E-state index in [2.05, 4.69) is 6.58 Å². The van der Waals surface area contributed by atoms with Gasteiger partial charge in [0.25, 0.3) is 0 Å². The summed E-state index contributed by atoms with van der Waals surface area (Å²) in [6, 6.07) is 20.7. The van der Waals surface area contributed by atoms with Crippen LogP contribution in [0.4, 0.5) is 0 Å². The molecule has 0 aliphatic carbocycles. The average Bonchev–Trinajstić information content (AvgIpc) is 4.10. The molecule has 51 heavy (non-hydrogen) atoms. The van der Waals surface area contributed by atoms with E-state index < -0.39 is 43.5 Å². The van der Waals surface area contributed by atoms with Crippen molar-refractivity contribution < 1.29 is 57.5 Å². The Hall–Kier alpha value is -1.26. The molecule has 13 nitrogen and oxygen atoms in total. The van der Waals surface area contributed by atoms with Crippen molar-refractivity contribution in [3.8, 4) is 0 Å². The molecule has 2 saturated heterocycles. The Morgan fingerprint density at radius 3 is 1.43 bits per heavy atom. The van der Waals surface area contributed by atoms with Crippen molar-refractivity contribution in [1.82, 2.24) is 0 Å². The predicted molar refractivity (Wildman–Crippen MR) is 202 cm³/mol. The zero-order valence-electron chi connectivity index (χ0n) is 31.1. The van der Waals surface area contributed by atoms with Gasteiger partial charge in [0.1, 0.15) is 12.2 Å². The van der Waals surface area contributed by atoms with E-state index in [-0.39, 0.29) is 12.2 Å². The molecule has 18 heteroatoms. The Bertz CT molecular complexity index is 1260. The summed E-state index contributed by atoms with van der Waals surface area (Å²) in [6.07, 6.45) is 1.71. The number of ether oxygens (including phenoxy) is 4. The van der Waals surface area contributed by atoms with Crippen LogP contribution in [0, 0.1) is 0 Å². The van der Waals surface area contributed by atoms with Crippen LogP contribution in [0.15, 0.2) is 72.9 Å². The Kier molecular flexibility index (Phi) is 16.6. The highest BCUT2D eigenvalue weighted by molar-refractivity contribution is 7.02. The molecule has 0 saturated carbocycles. The first-order valence-corrected chi connectivity index (χ1v) is 27.6. The van der Waals surface area contributed by atoms with Crippen LogP contribution >= 0.6 is 0 Å². The third-order valence-electron chi connectivity index (χ3n) is 8.42. The zero-order chi connectivity index (χ0) is 36.9. The average molecular weight is 801 g/mol. The quantitative estimate of drug-likeness (QED) is 0.0710. The molecule has 3 atom stereocenters. The Morgan fingerprint density at radius 1 is 0.627 bits per heavy atom. The number of hydrogen-bond acceptors (Lipinski definition) is 13. The van der Waals surface area contributed by atoms with Gasteiger partial charge in [-0.2, -0.15) is 0 Å². The highest BCUT2D eigenvalue weighted by Gasteiger charge is 2.60. The first kappa shape index (κ1) is 42.5. The summed E-state index contributed by atoms with van der Waals surface area (Å²) in [7, 11) is -9.53. The summed E-state index contributed by atoms with van der Waals surface area (Å²) in [5, 5.41) is 1.66. The largest absolute Gasteiger partial charge is 0.512 e. The van der Waals surface area contributed by atoms with Crippen LogP contribution in [0.1, 0.15) is 12.8 Å². The molecule has 0 spiro atoms. The summed E-state index contributed by atoms with van der Waals surface area (Å²) in [5.74, 6) is 0. The Morgan fingerprint density at radius 2 is 1.06 bits per heavy atom. The topological polar surface area (TPSA) is 127 Å². The minimum atomic E-state index is -3.87. The van der Waals surface area contributed by atoms with Gasteiger partial charge in [0.15, 0.2) is 0 Å². The van der Waals surface area contributed by atoms with E-state index in [9.17, 15) is 0 Å². The molecule has 2 fully saturated rings. The van der Waals surface area contributed by atoms with Crippen LogP contribution in [0.25, 0.3) is 0 Å². The normalized spacial score (nSPS) is 19.1. The monoisotopic (exact) mass is 800 g/mol. The fourth-order valence-electron chi connectivity index (χ4n) is 5.55. The lowest BCUT2D eigenvalue weighted by Gasteiger charge is -2.45. The van der Waals surface area contributed by atoms with Crippen molar-refractivity contribution in [2.45, 2.75) is 50.2 Å². The lowest BCUT2D eigenvalue weighted by atomic mass is 10.4. The molecule has 0 aromatic heterocycles. The van der Waals surface area contributed by atoms with Gasteiger partial charge >= 0.3 is 43.5 Å². The van der Waals surface area contributed by atoms with Crippen molar-refractivity contribution in [3.63, 3.8) is 0 Å². The molecule has 0 amide bonds. The maximum absolute atomic E-state index is 7.40. The zero-order valence-corrected chi connectivity index (χ0v) is 36.1. The molecule has 0 bridgehead atoms. The lowest BCUT2D eigenvalue weighted by molar-refractivity contribution is 0.0932. The molecule has 2 aromatic carbocycles. The van der Waals surface area contributed by atoms with Gasteiger partial charge in [-0.3, -0.25) is 0 Å². The Labute approximate surface area is 308 Å². The van der Waals surface area contributed by atoms with Crippen LogP contribution in [-0.2, 0) is 57.5 Å². The highest BCUT2D eigenvalue weighted by atomic mass is 28.5. The minimum Gasteiger partial charge on any atom is -0.409 e. The molecule has 3 unspecified atom stereocenters. The summed E-state index contributed by atoms with van der Waals surface area (Å²) >= 11 is 0. The van der Waals surface area contributed by atoms with E-state index in [0.717, 1.165) is 23.6 Å². The molecule has 2 aliphatic heterocycles. The Balaban J connectivity index is 1.67. The van der Waals surface area contributed by atoms with E-state index in [1.807, 2.05) is 73.8 Å². The minimum absolute atomic E-state index is 0.184. The molecule has 2 aliphatic rings. The molecule has 2 aromatic rings. The summed E-state index contributed by atoms with van der Waals surface area (Å²) in [5.41, 5.74) is 1.61. The van der Waals surface area contributed by atoms with Gasteiger partial charge in [-0.1, -0.05) is 67.2 Å². The van der Waals surface area contributed by atoms with E-state index in [0.29, 0.717) is 51.4 Å². The lowest BCUT2D eigenvalue weighted by Crippen LogP contribution is -2.74. The third-order valence-corrected chi connectivity index (χ3v) is 27.1. The van der Waals surface area contributed by atoms with Crippen LogP contribution < -0.4 is 10.4 Å². The summed E-state index contributed by atoms with van der Waals surface area (Å²) < 4.78 is 81.0. The maximum Gasteiger partial charge on any atom is 0.512 e. The van der Waals surface area contributed by atoms with Crippen LogP contribution in [0.5, 0.6) is 0 Å². The van der Waals surface area contributed by atoms with Gasteiger partial charge < -0.3 is 57.5 Å². The number of benzene rings is 2. The van der Waals surface area contributed by atoms with Gasteiger partial charge in [-0.15, -0.1) is 0 Å². The van der Waals surface area contributed by atoms with Gasteiger partial charge in [0, 0.05) is 60.9 Å². The van der Waals surface area contributed by atoms with Gasteiger partial charge in [0.2, 0.25) is 0 Å². The molecule has 4 rings (SSSR count). The molecule has 2 heterocycles. The summed E-state index contributed by atoms with van der Waals surface area (Å²) in [4.78, 5) is 0. The van der Waals surface area contributed by atoms with Crippen molar-refractivity contribution in [2.75, 3.05) is 75.2 Å². The number of hydrogen-bond donors (Lipinski definition) is 0. The van der Waals surface area contributed by atoms with E-state index in [1.54, 1.807) is 41.2 Å². The SMILES string of the molecule is C=C[Si](OC)(O[Si](CCCOCC1CO1)(OC)OC)O[Si](O[Si](C)(C)O[Si](CCCOCC1CO1)(OC)OC)(c1ccccc1)c1ccccc1. The van der Waals surface area contributed by atoms with Crippen molar-refractivity contribution in [2.24, 2.45) is 0 Å². The van der Waals surface area contributed by atoms with Crippen molar-refractivity contribution >= 4 is 53.9 Å². The smallest absolute Gasteiger partial charge is 0.409 e. The van der Waals surface area contributed by atoms with E-state index >= 15 is 0 Å². The second-order valence-corrected chi connectivity index (χ2v) is 28.5. The summed E-state index contributed by atoms with van der Waals surface area (Å²) in [6.45, 7) is 11.8. The third kappa shape index (κ3) is 12.4. The van der Waals surface area contributed by atoms with Gasteiger partial charge in [0.05, 0.1) is 26.4 Å². The van der Waals surface area contributed by atoms with Gasteiger partial charge in [-0.25, -0.2) is 0 Å². The first-order chi connectivity index (χ1) is 24.6. The van der Waals surface area contributed by atoms with Gasteiger partial charge in [-0.05, 0) is 42.0 Å². The standard InChI is InChI=1S/C33H56O13Si5/c1-9-48(34-2,45-50(37-5,38-6)25-17-23-40-27-31-29-42-31)46-51(32-18-12-10-13-19-32,33-20-14-11-15-21-33)44-47(7,8)43-49(35-3,36-4)24-16-22-39-26-30-28-41-30/h9-15,18-21,30-31H,1,16-17,22-29H2,2-8H3. The fourth-order valence-corrected chi connectivity index (χ4v) is 25.7. The maximum atomic E-state index is 7.40. The number of rotatable bonds is 28. The number of epoxide rings is 2. The predicted octanol–water partition coefficient (Wildman–Crippen LogP) is 3.40. The van der Waals surface area contributed by atoms with Crippen LogP contribution in [0.3, 0.4) is 0 Å². The van der Waals surface area contributed by atoms with Crippen LogP contribution in [-0.4, -0.2) is 131 Å².